The predicted molar refractivity (Wildman–Crippen MR) is 87.5 cm³/mol. The van der Waals surface area contributed by atoms with Crippen molar-refractivity contribution in [3.63, 3.8) is 0 Å². The lowest BCUT2D eigenvalue weighted by atomic mass is 9.83. The van der Waals surface area contributed by atoms with Gasteiger partial charge in [-0.1, -0.05) is 19.3 Å². The average molecular weight is 308 g/mol. The van der Waals surface area contributed by atoms with E-state index in [0.29, 0.717) is 4.77 Å². The summed E-state index contributed by atoms with van der Waals surface area (Å²) >= 11 is 7.11. The monoisotopic (exact) mass is 308 g/mol. The van der Waals surface area contributed by atoms with Crippen LogP contribution in [0.2, 0.25) is 0 Å². The summed E-state index contributed by atoms with van der Waals surface area (Å²) in [6, 6.07) is 0. The summed E-state index contributed by atoms with van der Waals surface area (Å²) in [4.78, 5) is 18.4. The van der Waals surface area contributed by atoms with Crippen molar-refractivity contribution in [3.8, 4) is 0 Å². The zero-order chi connectivity index (χ0) is 14.5. The number of nitrogens with one attached hydrogen (secondary N) is 1. The van der Waals surface area contributed by atoms with Crippen LogP contribution < -0.4 is 5.56 Å². The van der Waals surface area contributed by atoms with Crippen LogP contribution in [0.3, 0.4) is 0 Å². The van der Waals surface area contributed by atoms with Gasteiger partial charge in [0.25, 0.3) is 5.56 Å². The van der Waals surface area contributed by atoms with Gasteiger partial charge in [-0.2, -0.15) is 0 Å². The Morgan fingerprint density at radius 3 is 2.55 bits per heavy atom. The molecule has 0 unspecified atom stereocenters. The molecular weight excluding hydrogens is 288 g/mol. The summed E-state index contributed by atoms with van der Waals surface area (Å²) in [6.07, 6.45) is 5.70. The second-order valence-electron chi connectivity index (χ2n) is 6.12. The number of thiophene rings is 1. The Labute approximate surface area is 127 Å². The van der Waals surface area contributed by atoms with E-state index in [9.17, 15) is 4.79 Å². The van der Waals surface area contributed by atoms with Crippen molar-refractivity contribution < 1.29 is 0 Å². The van der Waals surface area contributed by atoms with Gasteiger partial charge in [-0.05, 0) is 51.4 Å². The second-order valence-corrected chi connectivity index (χ2v) is 7.73. The van der Waals surface area contributed by atoms with E-state index in [-0.39, 0.29) is 11.1 Å². The molecule has 2 aromatic rings. The zero-order valence-corrected chi connectivity index (χ0v) is 13.8. The summed E-state index contributed by atoms with van der Waals surface area (Å²) in [6.45, 7) is 6.26. The van der Waals surface area contributed by atoms with Crippen LogP contribution in [-0.4, -0.2) is 9.55 Å². The second kappa shape index (κ2) is 4.81. The molecule has 1 aliphatic carbocycles. The van der Waals surface area contributed by atoms with Crippen molar-refractivity contribution in [2.75, 3.05) is 0 Å². The van der Waals surface area contributed by atoms with Crippen molar-refractivity contribution in [1.29, 1.82) is 0 Å². The van der Waals surface area contributed by atoms with Crippen LogP contribution in [0.25, 0.3) is 10.2 Å². The molecule has 108 valence electrons. The number of H-pyrrole nitrogens is 1. The molecule has 0 bridgehead atoms. The maximum atomic E-state index is 13.0. The minimum atomic E-state index is -0.126. The fraction of sp³-hybridized carbons (Fsp3) is 0.600. The first-order valence-corrected chi connectivity index (χ1v) is 8.42. The van der Waals surface area contributed by atoms with E-state index >= 15 is 0 Å². The zero-order valence-electron chi connectivity index (χ0n) is 12.2. The normalized spacial score (nSPS) is 18.6. The maximum absolute atomic E-state index is 13.0. The number of aromatic amines is 1. The quantitative estimate of drug-likeness (QED) is 0.792. The highest BCUT2D eigenvalue weighted by molar-refractivity contribution is 7.71. The molecule has 0 spiro atoms. The van der Waals surface area contributed by atoms with Crippen LogP contribution in [0.15, 0.2) is 4.79 Å². The van der Waals surface area contributed by atoms with Crippen molar-refractivity contribution in [2.45, 2.75) is 58.4 Å². The van der Waals surface area contributed by atoms with E-state index < -0.39 is 0 Å². The summed E-state index contributed by atoms with van der Waals surface area (Å²) in [5.74, 6) is 0. The van der Waals surface area contributed by atoms with Crippen molar-refractivity contribution in [1.82, 2.24) is 9.55 Å². The lowest BCUT2D eigenvalue weighted by molar-refractivity contribution is 0.209. The Balaban J connectivity index is 2.34. The summed E-state index contributed by atoms with van der Waals surface area (Å²) in [5.41, 5.74) is 1.06. The molecule has 0 aliphatic heterocycles. The van der Waals surface area contributed by atoms with Crippen molar-refractivity contribution in [3.05, 3.63) is 25.6 Å². The standard InChI is InChI=1S/C15H20N2OS2/c1-9-10(2)20-12-11(9)13(18)17(14(19)16-12)15(3)7-5-4-6-8-15/h4-8H2,1-3H3,(H,16,19). The lowest BCUT2D eigenvalue weighted by Gasteiger charge is -2.35. The molecule has 5 heteroatoms. The number of aromatic nitrogens is 2. The SMILES string of the molecule is Cc1sc2[nH]c(=S)n(C3(C)CCCCC3)c(=O)c2c1C. The topological polar surface area (TPSA) is 37.8 Å². The number of nitrogens with zero attached hydrogens (tertiary/aromatic N) is 1. The molecule has 0 radical (unpaired) electrons. The van der Waals surface area contributed by atoms with Gasteiger partial charge in [0, 0.05) is 10.4 Å². The van der Waals surface area contributed by atoms with E-state index in [1.807, 2.05) is 11.5 Å². The van der Waals surface area contributed by atoms with Gasteiger partial charge in [0.1, 0.15) is 4.83 Å². The molecule has 1 saturated carbocycles. The number of hydrogen-bond donors (Lipinski definition) is 1. The van der Waals surface area contributed by atoms with Crippen LogP contribution in [0.5, 0.6) is 0 Å². The first-order chi connectivity index (χ1) is 9.44. The van der Waals surface area contributed by atoms with E-state index in [0.717, 1.165) is 28.6 Å². The summed E-state index contributed by atoms with van der Waals surface area (Å²) < 4.78 is 2.43. The van der Waals surface area contributed by atoms with Crippen LogP contribution in [-0.2, 0) is 5.54 Å². The highest BCUT2D eigenvalue weighted by Crippen LogP contribution is 2.35. The summed E-state index contributed by atoms with van der Waals surface area (Å²) in [7, 11) is 0. The third-order valence-corrected chi connectivity index (χ3v) is 6.10. The van der Waals surface area contributed by atoms with Crippen molar-refractivity contribution >= 4 is 33.8 Å². The first-order valence-electron chi connectivity index (χ1n) is 7.19. The molecule has 1 N–H and O–H groups in total. The molecule has 0 atom stereocenters. The Morgan fingerprint density at radius 2 is 1.90 bits per heavy atom. The molecule has 3 nitrogen and oxygen atoms in total. The molecule has 0 aromatic carbocycles. The highest BCUT2D eigenvalue weighted by atomic mass is 32.1. The van der Waals surface area contributed by atoms with Gasteiger partial charge in [-0.15, -0.1) is 11.3 Å². The molecule has 1 aliphatic rings. The highest BCUT2D eigenvalue weighted by Gasteiger charge is 2.31. The van der Waals surface area contributed by atoms with Crippen LogP contribution in [0, 0.1) is 18.6 Å². The Hall–Kier alpha value is -0.940. The van der Waals surface area contributed by atoms with Crippen LogP contribution >= 0.6 is 23.6 Å². The molecule has 20 heavy (non-hydrogen) atoms. The predicted octanol–water partition coefficient (Wildman–Crippen LogP) is 4.42. The van der Waals surface area contributed by atoms with E-state index in [1.54, 1.807) is 11.3 Å². The van der Waals surface area contributed by atoms with Crippen LogP contribution in [0.1, 0.15) is 49.5 Å². The lowest BCUT2D eigenvalue weighted by Crippen LogP contribution is -2.41. The maximum Gasteiger partial charge on any atom is 0.263 e. The van der Waals surface area contributed by atoms with Gasteiger partial charge >= 0.3 is 0 Å². The van der Waals surface area contributed by atoms with E-state index in [4.69, 9.17) is 12.2 Å². The number of hydrogen-bond acceptors (Lipinski definition) is 3. The average Bonchev–Trinajstić information content (AvgIpc) is 2.65. The van der Waals surface area contributed by atoms with Gasteiger partial charge in [-0.3, -0.25) is 9.36 Å². The molecule has 1 fully saturated rings. The Morgan fingerprint density at radius 1 is 1.25 bits per heavy atom. The number of fused-ring (bicyclic) bond motifs is 1. The third-order valence-electron chi connectivity index (χ3n) is 4.70. The summed E-state index contributed by atoms with van der Waals surface area (Å²) in [5, 5.41) is 0.827. The molecule has 2 aromatic heterocycles. The minimum absolute atomic E-state index is 0.0926. The van der Waals surface area contributed by atoms with Gasteiger partial charge in [0.05, 0.1) is 5.39 Å². The largest absolute Gasteiger partial charge is 0.323 e. The van der Waals surface area contributed by atoms with Crippen LogP contribution in [0.4, 0.5) is 0 Å². The van der Waals surface area contributed by atoms with Crippen molar-refractivity contribution in [2.24, 2.45) is 0 Å². The van der Waals surface area contributed by atoms with Gasteiger partial charge in [-0.25, -0.2) is 0 Å². The minimum Gasteiger partial charge on any atom is -0.323 e. The third kappa shape index (κ3) is 1.99. The fourth-order valence-electron chi connectivity index (χ4n) is 3.36. The Kier molecular flexibility index (Phi) is 3.37. The molecule has 0 amide bonds. The number of rotatable bonds is 1. The number of aryl methyl sites for hydroxylation is 2. The van der Waals surface area contributed by atoms with Gasteiger partial charge in [0.15, 0.2) is 4.77 Å². The van der Waals surface area contributed by atoms with Gasteiger partial charge < -0.3 is 4.98 Å². The van der Waals surface area contributed by atoms with E-state index in [1.165, 1.54) is 24.1 Å². The smallest absolute Gasteiger partial charge is 0.263 e. The Bertz CT molecular complexity index is 775. The molecule has 3 rings (SSSR count). The first kappa shape index (κ1) is 14.0. The molecular formula is C15H20N2OS2. The van der Waals surface area contributed by atoms with Gasteiger partial charge in [0.2, 0.25) is 0 Å². The fourth-order valence-corrected chi connectivity index (χ4v) is 4.88. The molecule has 0 saturated heterocycles. The van der Waals surface area contributed by atoms with E-state index in [2.05, 4.69) is 18.8 Å². The molecule has 2 heterocycles.